The summed E-state index contributed by atoms with van der Waals surface area (Å²) in [4.78, 5) is 0. The molecule has 0 saturated heterocycles. The zero-order valence-corrected chi connectivity index (χ0v) is 11.6. The van der Waals surface area contributed by atoms with Gasteiger partial charge >= 0.3 is 0 Å². The van der Waals surface area contributed by atoms with Crippen LogP contribution in [0.3, 0.4) is 0 Å². The monoisotopic (exact) mass is 362 g/mol. The second-order valence-electron chi connectivity index (χ2n) is 3.62. The average molecular weight is 363 g/mol. The van der Waals surface area contributed by atoms with E-state index in [2.05, 4.69) is 68.9 Å². The smallest absolute Gasteiger partial charge is 0.0175 e. The van der Waals surface area contributed by atoms with Gasteiger partial charge in [0.2, 0.25) is 0 Å². The van der Waals surface area contributed by atoms with E-state index in [1.54, 1.807) is 0 Å². The highest BCUT2D eigenvalue weighted by Crippen LogP contribution is 2.37. The molecule has 0 bridgehead atoms. The lowest BCUT2D eigenvalue weighted by Gasteiger charge is -2.20. The molecule has 1 aromatic rings. The second-order valence-corrected chi connectivity index (χ2v) is 5.79. The summed E-state index contributed by atoms with van der Waals surface area (Å²) in [5, 5.41) is 0. The van der Waals surface area contributed by atoms with Crippen molar-refractivity contribution in [2.24, 2.45) is 0 Å². The van der Waals surface area contributed by atoms with E-state index >= 15 is 0 Å². The first kappa shape index (κ1) is 10.7. The van der Waals surface area contributed by atoms with Gasteiger partial charge in [-0.2, -0.15) is 0 Å². The van der Waals surface area contributed by atoms with Gasteiger partial charge in [-0.25, -0.2) is 0 Å². The summed E-state index contributed by atoms with van der Waals surface area (Å²) in [7, 11) is 0. The molecule has 1 aromatic carbocycles. The lowest BCUT2D eigenvalue weighted by Crippen LogP contribution is -2.02. The third-order valence-electron chi connectivity index (χ3n) is 2.64. The van der Waals surface area contributed by atoms with Crippen molar-refractivity contribution in [3.63, 3.8) is 0 Å². The van der Waals surface area contributed by atoms with E-state index in [0.29, 0.717) is 5.92 Å². The van der Waals surface area contributed by atoms with Crippen LogP contribution in [0.2, 0.25) is 0 Å². The summed E-state index contributed by atoms with van der Waals surface area (Å²) in [5.41, 5.74) is 1.45. The first-order valence-corrected chi connectivity index (χ1v) is 6.75. The standard InChI is InChI=1S/C12H12BrI/c13-10-7-5-9(6-8-10)11-3-1-2-4-12(11)14/h4-8,11H,1-3H2/t11-/m1/s1. The Balaban J connectivity index is 2.26. The van der Waals surface area contributed by atoms with Crippen LogP contribution in [0.15, 0.2) is 38.4 Å². The SMILES string of the molecule is Brc1ccc([C@H]2CCCC=C2I)cc1. The maximum Gasteiger partial charge on any atom is 0.0175 e. The van der Waals surface area contributed by atoms with Crippen molar-refractivity contribution >= 4 is 38.5 Å². The molecular weight excluding hydrogens is 351 g/mol. The van der Waals surface area contributed by atoms with Crippen molar-refractivity contribution in [2.75, 3.05) is 0 Å². The van der Waals surface area contributed by atoms with Crippen molar-refractivity contribution in [1.82, 2.24) is 0 Å². The normalized spacial score (nSPS) is 21.9. The van der Waals surface area contributed by atoms with E-state index in [1.807, 2.05) is 0 Å². The highest BCUT2D eigenvalue weighted by molar-refractivity contribution is 14.1. The maximum atomic E-state index is 3.47. The minimum Gasteiger partial charge on any atom is -0.0746 e. The van der Waals surface area contributed by atoms with Gasteiger partial charge in [0.25, 0.3) is 0 Å². The Kier molecular flexibility index (Phi) is 3.66. The van der Waals surface area contributed by atoms with Gasteiger partial charge in [0.15, 0.2) is 0 Å². The molecule has 0 saturated carbocycles. The Labute approximate surface area is 107 Å². The van der Waals surface area contributed by atoms with Crippen LogP contribution in [0.4, 0.5) is 0 Å². The second kappa shape index (κ2) is 4.79. The molecule has 0 heterocycles. The summed E-state index contributed by atoms with van der Waals surface area (Å²) < 4.78 is 2.67. The van der Waals surface area contributed by atoms with Gasteiger partial charge in [-0.05, 0) is 63.1 Å². The lowest BCUT2D eigenvalue weighted by molar-refractivity contribution is 0.651. The van der Waals surface area contributed by atoms with Crippen LogP contribution in [0, 0.1) is 0 Å². The van der Waals surface area contributed by atoms with Crippen molar-refractivity contribution in [3.05, 3.63) is 44.0 Å². The number of hydrogen-bond donors (Lipinski definition) is 0. The molecule has 0 aliphatic heterocycles. The molecule has 0 amide bonds. The van der Waals surface area contributed by atoms with E-state index in [-0.39, 0.29) is 0 Å². The minimum absolute atomic E-state index is 0.650. The predicted octanol–water partition coefficient (Wildman–Crippen LogP) is 5.04. The average Bonchev–Trinajstić information content (AvgIpc) is 2.20. The molecule has 0 nitrogen and oxygen atoms in total. The van der Waals surface area contributed by atoms with Crippen LogP contribution in [0.25, 0.3) is 0 Å². The summed E-state index contributed by atoms with van der Waals surface area (Å²) >= 11 is 5.95. The topological polar surface area (TPSA) is 0 Å². The predicted molar refractivity (Wildman–Crippen MR) is 72.8 cm³/mol. The van der Waals surface area contributed by atoms with Crippen LogP contribution in [-0.2, 0) is 0 Å². The van der Waals surface area contributed by atoms with Gasteiger partial charge in [-0.3, -0.25) is 0 Å². The Morgan fingerprint density at radius 3 is 2.57 bits per heavy atom. The maximum absolute atomic E-state index is 3.47. The quantitative estimate of drug-likeness (QED) is 0.614. The molecule has 1 aliphatic rings. The van der Waals surface area contributed by atoms with E-state index in [4.69, 9.17) is 0 Å². The Morgan fingerprint density at radius 2 is 1.93 bits per heavy atom. The van der Waals surface area contributed by atoms with Gasteiger partial charge in [0.1, 0.15) is 0 Å². The van der Waals surface area contributed by atoms with Crippen LogP contribution in [-0.4, -0.2) is 0 Å². The molecule has 1 atom stereocenters. The summed E-state index contributed by atoms with van der Waals surface area (Å²) in [6.07, 6.45) is 6.26. The third kappa shape index (κ3) is 2.40. The summed E-state index contributed by atoms with van der Waals surface area (Å²) in [6.45, 7) is 0. The highest BCUT2D eigenvalue weighted by atomic mass is 127. The number of benzene rings is 1. The summed E-state index contributed by atoms with van der Waals surface area (Å²) in [6, 6.07) is 8.72. The van der Waals surface area contributed by atoms with Crippen molar-refractivity contribution < 1.29 is 0 Å². The van der Waals surface area contributed by atoms with Crippen LogP contribution in [0.1, 0.15) is 30.7 Å². The van der Waals surface area contributed by atoms with Gasteiger partial charge in [-0.1, -0.05) is 34.1 Å². The minimum atomic E-state index is 0.650. The highest BCUT2D eigenvalue weighted by Gasteiger charge is 2.17. The molecule has 0 aromatic heterocycles. The van der Waals surface area contributed by atoms with Gasteiger partial charge in [0, 0.05) is 10.4 Å². The molecule has 14 heavy (non-hydrogen) atoms. The molecule has 2 heteroatoms. The van der Waals surface area contributed by atoms with Gasteiger partial charge in [0.05, 0.1) is 0 Å². The number of allylic oxidation sites excluding steroid dienone is 2. The zero-order chi connectivity index (χ0) is 9.97. The van der Waals surface area contributed by atoms with Crippen LogP contribution < -0.4 is 0 Å². The zero-order valence-electron chi connectivity index (χ0n) is 7.84. The number of halogens is 2. The Hall–Kier alpha value is 0.170. The molecule has 1 aliphatic carbocycles. The lowest BCUT2D eigenvalue weighted by atomic mass is 9.89. The fourth-order valence-corrected chi connectivity index (χ4v) is 3.11. The molecule has 0 radical (unpaired) electrons. The first-order chi connectivity index (χ1) is 6.77. The van der Waals surface area contributed by atoms with E-state index < -0.39 is 0 Å². The van der Waals surface area contributed by atoms with Gasteiger partial charge < -0.3 is 0 Å². The van der Waals surface area contributed by atoms with Crippen molar-refractivity contribution in [1.29, 1.82) is 0 Å². The molecule has 74 valence electrons. The van der Waals surface area contributed by atoms with Crippen LogP contribution in [0.5, 0.6) is 0 Å². The largest absolute Gasteiger partial charge is 0.0746 e. The fraction of sp³-hybridized carbons (Fsp3) is 0.333. The molecule has 0 fully saturated rings. The first-order valence-electron chi connectivity index (χ1n) is 4.88. The number of hydrogen-bond acceptors (Lipinski definition) is 0. The van der Waals surface area contributed by atoms with Crippen LogP contribution >= 0.6 is 38.5 Å². The third-order valence-corrected chi connectivity index (χ3v) is 4.36. The molecule has 0 spiro atoms. The molecular formula is C12H12BrI. The Morgan fingerprint density at radius 1 is 1.21 bits per heavy atom. The van der Waals surface area contributed by atoms with E-state index in [1.165, 1.54) is 28.4 Å². The molecule has 0 unspecified atom stereocenters. The van der Waals surface area contributed by atoms with E-state index in [9.17, 15) is 0 Å². The summed E-state index contributed by atoms with van der Waals surface area (Å²) in [5.74, 6) is 0.650. The molecule has 2 rings (SSSR count). The number of rotatable bonds is 1. The van der Waals surface area contributed by atoms with Crippen molar-refractivity contribution in [2.45, 2.75) is 25.2 Å². The van der Waals surface area contributed by atoms with E-state index in [0.717, 1.165) is 4.47 Å². The fourth-order valence-electron chi connectivity index (χ4n) is 1.86. The van der Waals surface area contributed by atoms with Crippen molar-refractivity contribution in [3.8, 4) is 0 Å². The Bertz CT molecular complexity index is 340. The van der Waals surface area contributed by atoms with Gasteiger partial charge in [-0.15, -0.1) is 0 Å². The molecule has 0 N–H and O–H groups in total.